The number of amides is 1. The van der Waals surface area contributed by atoms with Crippen LogP contribution in [-0.2, 0) is 20.5 Å². The van der Waals surface area contributed by atoms with Gasteiger partial charge >= 0.3 is 12.1 Å². The highest BCUT2D eigenvalue weighted by Crippen LogP contribution is 2.49. The number of alkyl halides is 3. The van der Waals surface area contributed by atoms with Gasteiger partial charge in [0.05, 0.1) is 18.1 Å². The molecule has 2 unspecified atom stereocenters. The molecule has 2 atom stereocenters. The number of esters is 1. The minimum Gasteiger partial charge on any atom is -0.466 e. The fraction of sp³-hybridized carbons (Fsp3) is 0.579. The van der Waals surface area contributed by atoms with Crippen LogP contribution in [0.2, 0.25) is 0 Å². The summed E-state index contributed by atoms with van der Waals surface area (Å²) in [6.07, 6.45) is -2.48. The third-order valence-electron chi connectivity index (χ3n) is 5.20. The van der Waals surface area contributed by atoms with E-state index in [1.54, 1.807) is 11.8 Å². The first-order chi connectivity index (χ1) is 12.3. The van der Waals surface area contributed by atoms with Gasteiger partial charge in [0.25, 0.3) is 0 Å². The summed E-state index contributed by atoms with van der Waals surface area (Å²) in [5.74, 6) is -0.479. The molecule has 0 N–H and O–H groups in total. The average molecular weight is 369 g/mol. The van der Waals surface area contributed by atoms with E-state index in [1.807, 2.05) is 0 Å². The molecular formula is C19H22F3NO3. The van der Waals surface area contributed by atoms with E-state index in [0.717, 1.165) is 17.7 Å². The predicted octanol–water partition coefficient (Wildman–Crippen LogP) is 3.61. The summed E-state index contributed by atoms with van der Waals surface area (Å²) < 4.78 is 42.9. The van der Waals surface area contributed by atoms with Gasteiger partial charge in [-0.3, -0.25) is 9.59 Å². The van der Waals surface area contributed by atoms with E-state index in [2.05, 4.69) is 0 Å². The van der Waals surface area contributed by atoms with Gasteiger partial charge in [0.2, 0.25) is 5.91 Å². The van der Waals surface area contributed by atoms with Gasteiger partial charge < -0.3 is 9.64 Å². The quantitative estimate of drug-likeness (QED) is 0.762. The molecule has 1 amide bonds. The number of hydrogen-bond acceptors (Lipinski definition) is 3. The summed E-state index contributed by atoms with van der Waals surface area (Å²) in [6, 6.07) is 5.07. The largest absolute Gasteiger partial charge is 0.466 e. The van der Waals surface area contributed by atoms with Crippen LogP contribution in [0.5, 0.6) is 0 Å². The number of carbonyl (C=O) groups is 2. The first kappa shape index (κ1) is 18.7. The maximum Gasteiger partial charge on any atom is 0.416 e. The molecule has 1 aromatic carbocycles. The number of nitrogens with zero attached hydrogens (tertiary/aromatic N) is 1. The Morgan fingerprint density at radius 2 is 1.77 bits per heavy atom. The zero-order valence-corrected chi connectivity index (χ0v) is 14.6. The molecule has 1 aliphatic carbocycles. The van der Waals surface area contributed by atoms with Crippen molar-refractivity contribution in [1.82, 2.24) is 4.90 Å². The van der Waals surface area contributed by atoms with Crippen LogP contribution in [0.4, 0.5) is 13.2 Å². The number of piperidine rings is 1. The number of hydrogen-bond donors (Lipinski definition) is 0. The maximum atomic E-state index is 12.6. The van der Waals surface area contributed by atoms with Crippen molar-refractivity contribution in [3.8, 4) is 0 Å². The molecule has 7 heteroatoms. The van der Waals surface area contributed by atoms with E-state index in [4.69, 9.17) is 4.74 Å². The molecule has 0 radical (unpaired) electrons. The Bertz CT molecular complexity index is 664. The normalized spacial score (nSPS) is 23.6. The highest BCUT2D eigenvalue weighted by Gasteiger charge is 2.46. The number of benzene rings is 1. The predicted molar refractivity (Wildman–Crippen MR) is 88.2 cm³/mol. The molecule has 0 spiro atoms. The Balaban J connectivity index is 1.53. The molecule has 1 saturated carbocycles. The second-order valence-electron chi connectivity index (χ2n) is 6.92. The first-order valence-electron chi connectivity index (χ1n) is 8.93. The molecule has 2 fully saturated rings. The van der Waals surface area contributed by atoms with Crippen LogP contribution in [0.15, 0.2) is 24.3 Å². The monoisotopic (exact) mass is 369 g/mol. The molecule has 1 saturated heterocycles. The van der Waals surface area contributed by atoms with Crippen LogP contribution >= 0.6 is 0 Å². The molecule has 1 aliphatic heterocycles. The average Bonchev–Trinajstić information content (AvgIpc) is 3.41. The van der Waals surface area contributed by atoms with Gasteiger partial charge in [0.1, 0.15) is 0 Å². The van der Waals surface area contributed by atoms with Gasteiger partial charge in [0, 0.05) is 19.0 Å². The molecule has 0 aromatic heterocycles. The van der Waals surface area contributed by atoms with E-state index in [9.17, 15) is 22.8 Å². The highest BCUT2D eigenvalue weighted by atomic mass is 19.4. The Hall–Kier alpha value is -2.05. The summed E-state index contributed by atoms with van der Waals surface area (Å²) in [4.78, 5) is 26.1. The molecular weight excluding hydrogens is 347 g/mol. The molecule has 4 nitrogen and oxygen atoms in total. The SMILES string of the molecule is CCOC(=O)C1CCN(C(=O)C2CC2c2ccc(C(F)(F)F)cc2)CC1. The smallest absolute Gasteiger partial charge is 0.416 e. The van der Waals surface area contributed by atoms with E-state index < -0.39 is 11.7 Å². The van der Waals surface area contributed by atoms with Crippen LogP contribution in [0.1, 0.15) is 43.2 Å². The summed E-state index contributed by atoms with van der Waals surface area (Å²) in [5.41, 5.74) is 0.101. The van der Waals surface area contributed by atoms with Gasteiger partial charge in [0.15, 0.2) is 0 Å². The van der Waals surface area contributed by atoms with Gasteiger partial charge in [-0.25, -0.2) is 0 Å². The molecule has 26 heavy (non-hydrogen) atoms. The lowest BCUT2D eigenvalue weighted by Gasteiger charge is -2.31. The first-order valence-corrected chi connectivity index (χ1v) is 8.93. The minimum absolute atomic E-state index is 0.00689. The van der Waals surface area contributed by atoms with Crippen molar-refractivity contribution in [2.24, 2.45) is 11.8 Å². The maximum absolute atomic E-state index is 12.6. The van der Waals surface area contributed by atoms with Gasteiger partial charge in [-0.05, 0) is 49.8 Å². The van der Waals surface area contributed by atoms with Gasteiger partial charge in [-0.2, -0.15) is 13.2 Å². The minimum atomic E-state index is -4.35. The van der Waals surface area contributed by atoms with Gasteiger partial charge in [-0.1, -0.05) is 12.1 Å². The number of likely N-dealkylation sites (tertiary alicyclic amines) is 1. The third kappa shape index (κ3) is 4.02. The molecule has 1 aromatic rings. The van der Waals surface area contributed by atoms with Crippen LogP contribution in [0.25, 0.3) is 0 Å². The van der Waals surface area contributed by atoms with E-state index >= 15 is 0 Å². The second kappa shape index (κ2) is 7.29. The molecule has 3 rings (SSSR count). The van der Waals surface area contributed by atoms with Crippen molar-refractivity contribution < 1.29 is 27.5 Å². The van der Waals surface area contributed by atoms with Crippen LogP contribution in [0, 0.1) is 11.8 Å². The fourth-order valence-corrected chi connectivity index (χ4v) is 3.59. The summed E-state index contributed by atoms with van der Waals surface area (Å²) in [5, 5.41) is 0. The number of rotatable bonds is 4. The zero-order chi connectivity index (χ0) is 18.9. The third-order valence-corrected chi connectivity index (χ3v) is 5.20. The Labute approximate surface area is 150 Å². The summed E-state index contributed by atoms with van der Waals surface area (Å²) >= 11 is 0. The lowest BCUT2D eigenvalue weighted by Crippen LogP contribution is -2.41. The Kier molecular flexibility index (Phi) is 5.25. The van der Waals surface area contributed by atoms with Crippen molar-refractivity contribution in [2.45, 2.75) is 38.3 Å². The van der Waals surface area contributed by atoms with Crippen LogP contribution in [0.3, 0.4) is 0 Å². The van der Waals surface area contributed by atoms with Crippen molar-refractivity contribution in [1.29, 1.82) is 0 Å². The second-order valence-corrected chi connectivity index (χ2v) is 6.92. The standard InChI is InChI=1S/C19H22F3NO3/c1-2-26-18(25)13-7-9-23(10-8-13)17(24)16-11-15(16)12-3-5-14(6-4-12)19(20,21)22/h3-6,13,15-16H,2,7-11H2,1H3. The molecule has 1 heterocycles. The molecule has 2 aliphatic rings. The van der Waals surface area contributed by atoms with Crippen molar-refractivity contribution in [3.63, 3.8) is 0 Å². The van der Waals surface area contributed by atoms with Crippen molar-refractivity contribution in [2.75, 3.05) is 19.7 Å². The summed E-state index contributed by atoms with van der Waals surface area (Å²) in [7, 11) is 0. The zero-order valence-electron chi connectivity index (χ0n) is 14.6. The van der Waals surface area contributed by atoms with E-state index in [1.165, 1.54) is 12.1 Å². The van der Waals surface area contributed by atoms with E-state index in [0.29, 0.717) is 39.0 Å². The van der Waals surface area contributed by atoms with Gasteiger partial charge in [-0.15, -0.1) is 0 Å². The molecule has 142 valence electrons. The number of halogens is 3. The van der Waals surface area contributed by atoms with Crippen LogP contribution < -0.4 is 0 Å². The topological polar surface area (TPSA) is 46.6 Å². The Morgan fingerprint density at radius 1 is 1.15 bits per heavy atom. The number of ether oxygens (including phenoxy) is 1. The molecule has 0 bridgehead atoms. The number of carbonyl (C=O) groups excluding carboxylic acids is 2. The fourth-order valence-electron chi connectivity index (χ4n) is 3.59. The summed E-state index contributed by atoms with van der Waals surface area (Å²) in [6.45, 7) is 3.18. The van der Waals surface area contributed by atoms with E-state index in [-0.39, 0.29) is 29.6 Å². The van der Waals surface area contributed by atoms with Crippen LogP contribution in [-0.4, -0.2) is 36.5 Å². The van der Waals surface area contributed by atoms with Crippen molar-refractivity contribution in [3.05, 3.63) is 35.4 Å². The Morgan fingerprint density at radius 3 is 2.31 bits per heavy atom. The highest BCUT2D eigenvalue weighted by molar-refractivity contribution is 5.83. The van der Waals surface area contributed by atoms with Crippen molar-refractivity contribution >= 4 is 11.9 Å². The lowest BCUT2D eigenvalue weighted by molar-refractivity contribution is -0.151. The lowest BCUT2D eigenvalue weighted by atomic mass is 9.96.